The zero-order chi connectivity index (χ0) is 11.5. The molecule has 0 aromatic carbocycles. The van der Waals surface area contributed by atoms with E-state index in [2.05, 4.69) is 11.7 Å². The van der Waals surface area contributed by atoms with Crippen LogP contribution in [0, 0.1) is 0 Å². The minimum atomic E-state index is -1.03. The molecular formula is C11H20Cl2O2. The minimum absolute atomic E-state index is 0.307. The highest BCUT2D eigenvalue weighted by molar-refractivity contribution is 6.43. The molecular weight excluding hydrogens is 235 g/mol. The normalized spacial score (nSPS) is 10.7. The molecule has 0 atom stereocenters. The second-order valence-electron chi connectivity index (χ2n) is 3.62. The van der Waals surface area contributed by atoms with Crippen molar-refractivity contribution in [1.82, 2.24) is 0 Å². The Morgan fingerprint density at radius 3 is 2.13 bits per heavy atom. The maximum Gasteiger partial charge on any atom is 0.308 e. The molecule has 0 heterocycles. The molecule has 0 saturated carbocycles. The third-order valence-electron chi connectivity index (χ3n) is 2.20. The first-order valence-corrected chi connectivity index (χ1v) is 6.51. The Kier molecular flexibility index (Phi) is 10.6. The van der Waals surface area contributed by atoms with Crippen molar-refractivity contribution in [2.45, 2.75) is 63.3 Å². The van der Waals surface area contributed by atoms with Crippen LogP contribution in [0.3, 0.4) is 0 Å². The number of rotatable bonds is 9. The molecule has 2 nitrogen and oxygen atoms in total. The van der Waals surface area contributed by atoms with E-state index in [0.29, 0.717) is 6.42 Å². The lowest BCUT2D eigenvalue weighted by Gasteiger charge is -2.04. The summed E-state index contributed by atoms with van der Waals surface area (Å²) >= 11 is 10.6. The largest absolute Gasteiger partial charge is 0.431 e. The highest BCUT2D eigenvalue weighted by Crippen LogP contribution is 2.10. The van der Waals surface area contributed by atoms with Crippen LogP contribution in [0.4, 0.5) is 0 Å². The predicted octanol–water partition coefficient (Wildman–Crippen LogP) is 4.43. The first-order valence-electron chi connectivity index (χ1n) is 5.64. The molecule has 0 N–H and O–H groups in total. The average Bonchev–Trinajstić information content (AvgIpc) is 2.15. The SMILES string of the molecule is CCCCCCCCCC(=O)OC(Cl)Cl. The molecule has 15 heavy (non-hydrogen) atoms. The standard InChI is InChI=1S/C11H20Cl2O2/c1-2-3-4-5-6-7-8-9-10(14)15-11(12)13/h11H,2-9H2,1H3. The van der Waals surface area contributed by atoms with E-state index in [9.17, 15) is 4.79 Å². The van der Waals surface area contributed by atoms with Crippen LogP contribution in [0.1, 0.15) is 58.3 Å². The van der Waals surface area contributed by atoms with Crippen molar-refractivity contribution in [2.24, 2.45) is 0 Å². The lowest BCUT2D eigenvalue weighted by molar-refractivity contribution is -0.143. The van der Waals surface area contributed by atoms with Gasteiger partial charge in [-0.25, -0.2) is 0 Å². The van der Waals surface area contributed by atoms with E-state index in [1.807, 2.05) is 0 Å². The second kappa shape index (κ2) is 10.6. The highest BCUT2D eigenvalue weighted by atomic mass is 35.5. The van der Waals surface area contributed by atoms with E-state index in [1.165, 1.54) is 32.1 Å². The number of carbonyl (C=O) groups is 1. The number of alkyl halides is 2. The first kappa shape index (κ1) is 15.0. The first-order chi connectivity index (χ1) is 7.16. The Labute approximate surface area is 102 Å². The van der Waals surface area contributed by atoms with Gasteiger partial charge >= 0.3 is 5.97 Å². The van der Waals surface area contributed by atoms with Gasteiger partial charge in [-0.3, -0.25) is 4.79 Å². The average molecular weight is 255 g/mol. The van der Waals surface area contributed by atoms with E-state index in [-0.39, 0.29) is 5.97 Å². The Balaban J connectivity index is 3.13. The van der Waals surface area contributed by atoms with Gasteiger partial charge in [0.25, 0.3) is 5.02 Å². The number of carbonyl (C=O) groups excluding carboxylic acids is 1. The van der Waals surface area contributed by atoms with Gasteiger partial charge in [-0.15, -0.1) is 0 Å². The van der Waals surface area contributed by atoms with Crippen LogP contribution >= 0.6 is 23.2 Å². The monoisotopic (exact) mass is 254 g/mol. The maximum absolute atomic E-state index is 11.0. The quantitative estimate of drug-likeness (QED) is 0.346. The molecule has 0 aromatic rings. The van der Waals surface area contributed by atoms with Gasteiger partial charge in [-0.05, 0) is 6.42 Å². The van der Waals surface area contributed by atoms with Crippen LogP contribution in [-0.2, 0) is 9.53 Å². The van der Waals surface area contributed by atoms with Gasteiger partial charge in [0, 0.05) is 6.42 Å². The second-order valence-corrected chi connectivity index (χ2v) is 4.64. The fourth-order valence-corrected chi connectivity index (χ4v) is 1.58. The molecule has 0 radical (unpaired) electrons. The van der Waals surface area contributed by atoms with Gasteiger partial charge in [0.2, 0.25) is 0 Å². The zero-order valence-electron chi connectivity index (χ0n) is 9.31. The van der Waals surface area contributed by atoms with E-state index in [0.717, 1.165) is 12.8 Å². The number of esters is 1. The molecule has 0 unspecified atom stereocenters. The van der Waals surface area contributed by atoms with Crippen molar-refractivity contribution in [1.29, 1.82) is 0 Å². The fraction of sp³-hybridized carbons (Fsp3) is 0.909. The van der Waals surface area contributed by atoms with Crippen LogP contribution in [0.2, 0.25) is 0 Å². The fourth-order valence-electron chi connectivity index (χ4n) is 1.38. The summed E-state index contributed by atoms with van der Waals surface area (Å²) in [5, 5.41) is -1.03. The maximum atomic E-state index is 11.0. The van der Waals surface area contributed by atoms with Crippen LogP contribution in [0.5, 0.6) is 0 Å². The summed E-state index contributed by atoms with van der Waals surface area (Å²) in [7, 11) is 0. The molecule has 0 amide bonds. The van der Waals surface area contributed by atoms with Gasteiger partial charge in [-0.2, -0.15) is 0 Å². The summed E-state index contributed by atoms with van der Waals surface area (Å²) in [5.74, 6) is -0.307. The van der Waals surface area contributed by atoms with Crippen LogP contribution in [-0.4, -0.2) is 11.0 Å². The van der Waals surface area contributed by atoms with Crippen LogP contribution in [0.25, 0.3) is 0 Å². The van der Waals surface area contributed by atoms with Crippen LogP contribution < -0.4 is 0 Å². The summed E-state index contributed by atoms with van der Waals surface area (Å²) in [6, 6.07) is 0. The number of hydrogen-bond acceptors (Lipinski definition) is 2. The summed E-state index contributed by atoms with van der Waals surface area (Å²) in [4.78, 5) is 11.0. The van der Waals surface area contributed by atoms with Gasteiger partial charge in [0.05, 0.1) is 0 Å². The molecule has 0 aliphatic heterocycles. The molecule has 90 valence electrons. The number of ether oxygens (including phenoxy) is 1. The van der Waals surface area contributed by atoms with Crippen LogP contribution in [0.15, 0.2) is 0 Å². The number of hydrogen-bond donors (Lipinski definition) is 0. The number of unbranched alkanes of at least 4 members (excludes halogenated alkanes) is 6. The summed E-state index contributed by atoms with van der Waals surface area (Å²) < 4.78 is 4.59. The topological polar surface area (TPSA) is 26.3 Å². The smallest absolute Gasteiger partial charge is 0.308 e. The third kappa shape index (κ3) is 12.0. The molecule has 4 heteroatoms. The molecule has 0 saturated heterocycles. The van der Waals surface area contributed by atoms with Gasteiger partial charge < -0.3 is 4.74 Å². The third-order valence-corrected chi connectivity index (χ3v) is 2.38. The molecule has 0 spiro atoms. The highest BCUT2D eigenvalue weighted by Gasteiger charge is 2.06. The molecule has 0 aromatic heterocycles. The van der Waals surface area contributed by atoms with E-state index < -0.39 is 5.02 Å². The van der Waals surface area contributed by atoms with Crippen molar-refractivity contribution in [3.05, 3.63) is 0 Å². The number of halogens is 2. The predicted molar refractivity (Wildman–Crippen MR) is 64.2 cm³/mol. The van der Waals surface area contributed by atoms with Crippen molar-refractivity contribution < 1.29 is 9.53 Å². The van der Waals surface area contributed by atoms with Gasteiger partial charge in [0.15, 0.2) is 0 Å². The van der Waals surface area contributed by atoms with E-state index in [4.69, 9.17) is 23.2 Å². The van der Waals surface area contributed by atoms with E-state index >= 15 is 0 Å². The zero-order valence-corrected chi connectivity index (χ0v) is 10.8. The van der Waals surface area contributed by atoms with Crippen molar-refractivity contribution >= 4 is 29.2 Å². The Bertz CT molecular complexity index is 161. The van der Waals surface area contributed by atoms with Gasteiger partial charge in [0.1, 0.15) is 0 Å². The molecule has 0 rings (SSSR count). The lowest BCUT2D eigenvalue weighted by atomic mass is 10.1. The van der Waals surface area contributed by atoms with Crippen molar-refractivity contribution in [3.8, 4) is 0 Å². The molecule has 0 fully saturated rings. The van der Waals surface area contributed by atoms with E-state index in [1.54, 1.807) is 0 Å². The van der Waals surface area contributed by atoms with Crippen molar-refractivity contribution in [3.63, 3.8) is 0 Å². The lowest BCUT2D eigenvalue weighted by Crippen LogP contribution is -2.07. The van der Waals surface area contributed by atoms with Gasteiger partial charge in [-0.1, -0.05) is 68.7 Å². The minimum Gasteiger partial charge on any atom is -0.431 e. The summed E-state index contributed by atoms with van der Waals surface area (Å²) in [6.45, 7) is 2.20. The Morgan fingerprint density at radius 1 is 1.07 bits per heavy atom. The Hall–Kier alpha value is 0.0500. The van der Waals surface area contributed by atoms with Crippen molar-refractivity contribution in [2.75, 3.05) is 0 Å². The summed E-state index contributed by atoms with van der Waals surface area (Å²) in [5.41, 5.74) is 0. The summed E-state index contributed by atoms with van der Waals surface area (Å²) in [6.07, 6.45) is 8.69. The molecule has 0 aliphatic carbocycles. The Morgan fingerprint density at radius 2 is 1.60 bits per heavy atom. The molecule has 0 aliphatic rings. The molecule has 0 bridgehead atoms.